The van der Waals surface area contributed by atoms with Crippen LogP contribution in [0.15, 0.2) is 16.3 Å². The van der Waals surface area contributed by atoms with Crippen LogP contribution in [0.3, 0.4) is 0 Å². The Labute approximate surface area is 112 Å². The summed E-state index contributed by atoms with van der Waals surface area (Å²) >= 11 is 1.32. The first-order chi connectivity index (χ1) is 8.54. The van der Waals surface area contributed by atoms with Gasteiger partial charge in [0, 0.05) is 37.6 Å². The number of rotatable bonds is 4. The standard InChI is InChI=1S/C11H18N2O3S2/c1-10-2-3-11(17-10)18(15,16)13-6-4-12(5-7-13)8-9-14/h2-3,14H,4-9H2,1H3. The monoisotopic (exact) mass is 290 g/mol. The highest BCUT2D eigenvalue weighted by molar-refractivity contribution is 7.91. The van der Waals surface area contributed by atoms with Crippen molar-refractivity contribution in [2.24, 2.45) is 0 Å². The summed E-state index contributed by atoms with van der Waals surface area (Å²) in [6.07, 6.45) is 0. The minimum Gasteiger partial charge on any atom is -0.395 e. The van der Waals surface area contributed by atoms with Crippen molar-refractivity contribution >= 4 is 21.4 Å². The molecule has 0 aromatic carbocycles. The molecule has 2 rings (SSSR count). The smallest absolute Gasteiger partial charge is 0.252 e. The van der Waals surface area contributed by atoms with E-state index >= 15 is 0 Å². The lowest BCUT2D eigenvalue weighted by Gasteiger charge is -2.33. The fraction of sp³-hybridized carbons (Fsp3) is 0.636. The number of thiophene rings is 1. The highest BCUT2D eigenvalue weighted by atomic mass is 32.2. The van der Waals surface area contributed by atoms with Gasteiger partial charge in [-0.15, -0.1) is 11.3 Å². The van der Waals surface area contributed by atoms with Crippen LogP contribution in [0.2, 0.25) is 0 Å². The molecule has 0 unspecified atom stereocenters. The van der Waals surface area contributed by atoms with Crippen LogP contribution >= 0.6 is 11.3 Å². The maximum atomic E-state index is 12.3. The van der Waals surface area contributed by atoms with E-state index in [1.165, 1.54) is 15.6 Å². The van der Waals surface area contributed by atoms with E-state index in [0.29, 0.717) is 36.9 Å². The summed E-state index contributed by atoms with van der Waals surface area (Å²) in [6.45, 7) is 5.01. The number of hydrogen-bond donors (Lipinski definition) is 1. The van der Waals surface area contributed by atoms with Crippen molar-refractivity contribution in [2.75, 3.05) is 39.3 Å². The summed E-state index contributed by atoms with van der Waals surface area (Å²) in [5.41, 5.74) is 0. The molecule has 1 aromatic rings. The molecule has 1 N–H and O–H groups in total. The summed E-state index contributed by atoms with van der Waals surface area (Å²) < 4.78 is 26.6. The summed E-state index contributed by atoms with van der Waals surface area (Å²) in [5, 5.41) is 8.85. The zero-order chi connectivity index (χ0) is 13.2. The molecule has 1 aliphatic heterocycles. The van der Waals surface area contributed by atoms with Crippen LogP contribution < -0.4 is 0 Å². The van der Waals surface area contributed by atoms with Crippen molar-refractivity contribution in [1.82, 2.24) is 9.21 Å². The van der Waals surface area contributed by atoms with Gasteiger partial charge in [0.2, 0.25) is 0 Å². The number of piperazine rings is 1. The van der Waals surface area contributed by atoms with Gasteiger partial charge >= 0.3 is 0 Å². The topological polar surface area (TPSA) is 60.9 Å². The number of aryl methyl sites for hydroxylation is 1. The van der Waals surface area contributed by atoms with E-state index in [1.807, 2.05) is 13.0 Å². The van der Waals surface area contributed by atoms with Crippen LogP contribution in [0.4, 0.5) is 0 Å². The van der Waals surface area contributed by atoms with Crippen LogP contribution in [0.25, 0.3) is 0 Å². The predicted molar refractivity (Wildman–Crippen MR) is 71.3 cm³/mol. The molecule has 0 saturated carbocycles. The van der Waals surface area contributed by atoms with Crippen molar-refractivity contribution < 1.29 is 13.5 Å². The van der Waals surface area contributed by atoms with E-state index in [9.17, 15) is 8.42 Å². The molecule has 0 amide bonds. The maximum Gasteiger partial charge on any atom is 0.252 e. The first kappa shape index (κ1) is 14.0. The molecular weight excluding hydrogens is 272 g/mol. The van der Waals surface area contributed by atoms with Crippen LogP contribution in [-0.2, 0) is 10.0 Å². The van der Waals surface area contributed by atoms with E-state index in [-0.39, 0.29) is 6.61 Å². The average Bonchev–Trinajstić information content (AvgIpc) is 2.78. The Kier molecular flexibility index (Phi) is 4.39. The van der Waals surface area contributed by atoms with E-state index < -0.39 is 10.0 Å². The minimum absolute atomic E-state index is 0.122. The van der Waals surface area contributed by atoms with Gasteiger partial charge < -0.3 is 5.11 Å². The maximum absolute atomic E-state index is 12.3. The molecule has 18 heavy (non-hydrogen) atoms. The molecule has 1 aromatic heterocycles. The van der Waals surface area contributed by atoms with Crippen molar-refractivity contribution in [3.63, 3.8) is 0 Å². The van der Waals surface area contributed by atoms with Crippen molar-refractivity contribution in [1.29, 1.82) is 0 Å². The van der Waals surface area contributed by atoms with E-state index in [2.05, 4.69) is 4.90 Å². The second kappa shape index (κ2) is 5.66. The zero-order valence-electron chi connectivity index (χ0n) is 10.4. The fourth-order valence-corrected chi connectivity index (χ4v) is 4.87. The molecule has 7 heteroatoms. The second-order valence-corrected chi connectivity index (χ2v) is 7.79. The third-order valence-electron chi connectivity index (χ3n) is 3.06. The van der Waals surface area contributed by atoms with Gasteiger partial charge in [-0.1, -0.05) is 0 Å². The number of β-amino-alcohol motifs (C(OH)–C–C–N with tert-alkyl or cyclic N) is 1. The number of aliphatic hydroxyl groups is 1. The predicted octanol–water partition coefficient (Wildman–Crippen LogP) is 0.355. The second-order valence-electron chi connectivity index (χ2n) is 4.33. The van der Waals surface area contributed by atoms with Gasteiger partial charge in [0.15, 0.2) is 0 Å². The Hall–Kier alpha value is -0.470. The Balaban J connectivity index is 2.05. The quantitative estimate of drug-likeness (QED) is 0.869. The number of sulfonamides is 1. The lowest BCUT2D eigenvalue weighted by Crippen LogP contribution is -2.49. The SMILES string of the molecule is Cc1ccc(S(=O)(=O)N2CCN(CCO)CC2)s1. The van der Waals surface area contributed by atoms with Crippen molar-refractivity contribution in [3.8, 4) is 0 Å². The number of nitrogens with zero attached hydrogens (tertiary/aromatic N) is 2. The Morgan fingerprint density at radius 3 is 2.44 bits per heavy atom. The summed E-state index contributed by atoms with van der Waals surface area (Å²) in [4.78, 5) is 3.08. The minimum atomic E-state index is -3.32. The first-order valence-corrected chi connectivity index (χ1v) is 8.19. The van der Waals surface area contributed by atoms with Gasteiger partial charge in [-0.3, -0.25) is 4.90 Å². The van der Waals surface area contributed by atoms with Gasteiger partial charge in [0.05, 0.1) is 6.61 Å². The van der Waals surface area contributed by atoms with E-state index in [1.54, 1.807) is 6.07 Å². The Bertz CT molecular complexity index is 490. The molecule has 1 fully saturated rings. The number of hydrogen-bond acceptors (Lipinski definition) is 5. The third kappa shape index (κ3) is 2.92. The van der Waals surface area contributed by atoms with Crippen LogP contribution in [0.5, 0.6) is 0 Å². The average molecular weight is 290 g/mol. The largest absolute Gasteiger partial charge is 0.395 e. The fourth-order valence-electron chi connectivity index (χ4n) is 2.01. The Morgan fingerprint density at radius 1 is 1.28 bits per heavy atom. The lowest BCUT2D eigenvalue weighted by molar-refractivity contribution is 0.151. The summed E-state index contributed by atoms with van der Waals surface area (Å²) in [7, 11) is -3.32. The molecule has 0 bridgehead atoms. The molecule has 5 nitrogen and oxygen atoms in total. The zero-order valence-corrected chi connectivity index (χ0v) is 12.0. The van der Waals surface area contributed by atoms with Gasteiger partial charge in [-0.25, -0.2) is 8.42 Å². The number of aliphatic hydroxyl groups excluding tert-OH is 1. The molecule has 1 saturated heterocycles. The molecule has 102 valence electrons. The highest BCUT2D eigenvalue weighted by Crippen LogP contribution is 2.24. The molecule has 1 aliphatic rings. The molecular formula is C11H18N2O3S2. The van der Waals surface area contributed by atoms with E-state index in [0.717, 1.165) is 4.88 Å². The van der Waals surface area contributed by atoms with Gasteiger partial charge in [0.25, 0.3) is 10.0 Å². The van der Waals surface area contributed by atoms with Gasteiger partial charge in [-0.2, -0.15) is 4.31 Å². The molecule has 0 atom stereocenters. The summed E-state index contributed by atoms with van der Waals surface area (Å²) in [6, 6.07) is 3.51. The third-order valence-corrected chi connectivity index (χ3v) is 6.42. The Morgan fingerprint density at radius 2 is 1.94 bits per heavy atom. The van der Waals surface area contributed by atoms with Crippen molar-refractivity contribution in [3.05, 3.63) is 17.0 Å². The van der Waals surface area contributed by atoms with Crippen molar-refractivity contribution in [2.45, 2.75) is 11.1 Å². The highest BCUT2D eigenvalue weighted by Gasteiger charge is 2.29. The van der Waals surface area contributed by atoms with Gasteiger partial charge in [0.1, 0.15) is 4.21 Å². The molecule has 0 spiro atoms. The van der Waals surface area contributed by atoms with E-state index in [4.69, 9.17) is 5.11 Å². The molecule has 0 aliphatic carbocycles. The summed E-state index contributed by atoms with van der Waals surface area (Å²) in [5.74, 6) is 0. The van der Waals surface area contributed by atoms with Crippen LogP contribution in [-0.4, -0.2) is 62.1 Å². The van der Waals surface area contributed by atoms with Crippen LogP contribution in [0.1, 0.15) is 4.88 Å². The first-order valence-electron chi connectivity index (χ1n) is 5.94. The lowest BCUT2D eigenvalue weighted by atomic mass is 10.4. The molecule has 2 heterocycles. The normalized spacial score (nSPS) is 19.2. The van der Waals surface area contributed by atoms with Crippen LogP contribution in [0, 0.1) is 6.92 Å². The molecule has 0 radical (unpaired) electrons. The van der Waals surface area contributed by atoms with Gasteiger partial charge in [-0.05, 0) is 19.1 Å².